The number of nitrogens with zero attached hydrogens (tertiary/aromatic N) is 5. The minimum absolute atomic E-state index is 0.168. The standard InChI is InChI=1S/C20H23ClN6OS/c21-20-25-16-17(19(26-20)27-10-12-29(28)13-11-27)23-14-24-18(16)22-9-5-4-8-15-6-2-1-3-7-15/h1-3,6-7,14H,4-5,8-13H2,(H,22,23,24). The summed E-state index contributed by atoms with van der Waals surface area (Å²) < 4.78 is 11.7. The lowest BCUT2D eigenvalue weighted by Gasteiger charge is -2.29. The third-order valence-corrected chi connectivity index (χ3v) is 6.39. The number of aryl methyl sites for hydroxylation is 1. The molecule has 1 aliphatic heterocycles. The molecule has 0 saturated carbocycles. The van der Waals surface area contributed by atoms with E-state index in [1.54, 1.807) is 0 Å². The maximum Gasteiger partial charge on any atom is 0.225 e. The number of hydrogen-bond acceptors (Lipinski definition) is 7. The van der Waals surface area contributed by atoms with Gasteiger partial charge in [-0.2, -0.15) is 4.98 Å². The Labute approximate surface area is 178 Å². The van der Waals surface area contributed by atoms with E-state index in [0.29, 0.717) is 47.3 Å². The van der Waals surface area contributed by atoms with Crippen LogP contribution in [0.15, 0.2) is 36.7 Å². The number of rotatable bonds is 7. The van der Waals surface area contributed by atoms with Crippen LogP contribution >= 0.6 is 11.6 Å². The summed E-state index contributed by atoms with van der Waals surface area (Å²) in [5.74, 6) is 2.61. The van der Waals surface area contributed by atoms with Crippen molar-refractivity contribution in [1.29, 1.82) is 0 Å². The first-order valence-electron chi connectivity index (χ1n) is 9.76. The highest BCUT2D eigenvalue weighted by atomic mass is 35.5. The van der Waals surface area contributed by atoms with Crippen molar-refractivity contribution in [2.45, 2.75) is 19.3 Å². The Morgan fingerprint density at radius 1 is 1.03 bits per heavy atom. The highest BCUT2D eigenvalue weighted by molar-refractivity contribution is 7.91. The zero-order chi connectivity index (χ0) is 20.1. The lowest BCUT2D eigenvalue weighted by atomic mass is 10.1. The fourth-order valence-corrected chi connectivity index (χ4v) is 4.63. The molecule has 1 saturated heterocycles. The van der Waals surface area contributed by atoms with Crippen molar-refractivity contribution < 1.29 is 4.55 Å². The minimum Gasteiger partial charge on any atom is -0.616 e. The van der Waals surface area contributed by atoms with Gasteiger partial charge in [0.2, 0.25) is 5.28 Å². The zero-order valence-corrected chi connectivity index (χ0v) is 17.6. The van der Waals surface area contributed by atoms with Crippen LogP contribution < -0.4 is 10.2 Å². The van der Waals surface area contributed by atoms with Gasteiger partial charge < -0.3 is 14.8 Å². The number of unbranched alkanes of at least 4 members (excludes halogenated alkanes) is 1. The van der Waals surface area contributed by atoms with Crippen molar-refractivity contribution in [2.24, 2.45) is 0 Å². The van der Waals surface area contributed by atoms with Crippen LogP contribution in [-0.4, -0.2) is 55.6 Å². The molecule has 152 valence electrons. The predicted molar refractivity (Wildman–Crippen MR) is 118 cm³/mol. The summed E-state index contributed by atoms with van der Waals surface area (Å²) in [6.45, 7) is 2.13. The van der Waals surface area contributed by atoms with E-state index >= 15 is 0 Å². The van der Waals surface area contributed by atoms with E-state index in [2.05, 4.69) is 54.4 Å². The Hall–Kier alpha value is -2.16. The number of halogens is 1. The Morgan fingerprint density at radius 3 is 2.62 bits per heavy atom. The lowest BCUT2D eigenvalue weighted by molar-refractivity contribution is 0.585. The summed E-state index contributed by atoms with van der Waals surface area (Å²) in [7, 11) is 0. The summed E-state index contributed by atoms with van der Waals surface area (Å²) in [5, 5.41) is 3.54. The van der Waals surface area contributed by atoms with Crippen LogP contribution in [0.3, 0.4) is 0 Å². The van der Waals surface area contributed by atoms with Gasteiger partial charge in [0.15, 0.2) is 11.6 Å². The van der Waals surface area contributed by atoms with E-state index in [4.69, 9.17) is 11.6 Å². The van der Waals surface area contributed by atoms with E-state index < -0.39 is 11.2 Å². The van der Waals surface area contributed by atoms with Gasteiger partial charge in [-0.15, -0.1) is 0 Å². The Morgan fingerprint density at radius 2 is 1.83 bits per heavy atom. The average molecular weight is 431 g/mol. The molecule has 0 spiro atoms. The summed E-state index contributed by atoms with van der Waals surface area (Å²) in [6, 6.07) is 10.5. The van der Waals surface area contributed by atoms with Gasteiger partial charge in [0.25, 0.3) is 0 Å². The average Bonchev–Trinajstić information content (AvgIpc) is 2.74. The normalized spacial score (nSPS) is 15.0. The van der Waals surface area contributed by atoms with Gasteiger partial charge >= 0.3 is 0 Å². The SMILES string of the molecule is [O-][S+]1CCN(c2nc(Cl)nc3c(NCCCCc4ccccc4)ncnc23)CC1. The zero-order valence-electron chi connectivity index (χ0n) is 16.1. The van der Waals surface area contributed by atoms with Crippen molar-refractivity contribution in [3.63, 3.8) is 0 Å². The number of anilines is 2. The lowest BCUT2D eigenvalue weighted by Crippen LogP contribution is -2.41. The van der Waals surface area contributed by atoms with Crippen LogP contribution in [0.5, 0.6) is 0 Å². The third kappa shape index (κ3) is 5.07. The first-order valence-corrected chi connectivity index (χ1v) is 11.6. The topological polar surface area (TPSA) is 89.9 Å². The van der Waals surface area contributed by atoms with Gasteiger partial charge in [-0.25, -0.2) is 15.0 Å². The maximum absolute atomic E-state index is 11.7. The van der Waals surface area contributed by atoms with Crippen LogP contribution in [-0.2, 0) is 17.6 Å². The molecule has 4 rings (SSSR count). The number of hydrogen-bond donors (Lipinski definition) is 1. The largest absolute Gasteiger partial charge is 0.616 e. The predicted octanol–water partition coefficient (Wildman–Crippen LogP) is 3.08. The molecule has 1 fully saturated rings. The van der Waals surface area contributed by atoms with Crippen molar-refractivity contribution >= 4 is 45.4 Å². The second-order valence-corrected chi connectivity index (χ2v) is 8.97. The second-order valence-electron chi connectivity index (χ2n) is 6.94. The fraction of sp³-hybridized carbons (Fsp3) is 0.400. The Kier molecular flexibility index (Phi) is 6.63. The van der Waals surface area contributed by atoms with Crippen molar-refractivity contribution in [1.82, 2.24) is 19.9 Å². The molecule has 29 heavy (non-hydrogen) atoms. The van der Waals surface area contributed by atoms with Gasteiger partial charge in [0, 0.05) is 6.54 Å². The summed E-state index contributed by atoms with van der Waals surface area (Å²) in [6.07, 6.45) is 4.69. The number of benzene rings is 1. The van der Waals surface area contributed by atoms with E-state index in [-0.39, 0.29) is 5.28 Å². The molecule has 0 bridgehead atoms. The van der Waals surface area contributed by atoms with Crippen molar-refractivity contribution in [3.05, 3.63) is 47.5 Å². The van der Waals surface area contributed by atoms with Crippen LogP contribution in [0.1, 0.15) is 18.4 Å². The Bertz CT molecular complexity index is 952. The molecule has 0 atom stereocenters. The highest BCUT2D eigenvalue weighted by Gasteiger charge is 2.24. The van der Waals surface area contributed by atoms with Crippen molar-refractivity contribution in [3.8, 4) is 0 Å². The van der Waals surface area contributed by atoms with E-state index in [1.165, 1.54) is 11.9 Å². The van der Waals surface area contributed by atoms with Crippen LogP contribution in [0, 0.1) is 0 Å². The third-order valence-electron chi connectivity index (χ3n) is 4.94. The summed E-state index contributed by atoms with van der Waals surface area (Å²) in [5.41, 5.74) is 2.65. The molecule has 0 aliphatic carbocycles. The molecule has 9 heteroatoms. The van der Waals surface area contributed by atoms with Gasteiger partial charge in [-0.1, -0.05) is 41.5 Å². The first kappa shape index (κ1) is 20.1. The Balaban J connectivity index is 1.44. The minimum atomic E-state index is -0.762. The van der Waals surface area contributed by atoms with E-state index in [0.717, 1.165) is 25.8 Å². The molecule has 0 amide bonds. The monoisotopic (exact) mass is 430 g/mol. The van der Waals surface area contributed by atoms with Crippen LogP contribution in [0.2, 0.25) is 5.28 Å². The van der Waals surface area contributed by atoms with E-state index in [9.17, 15) is 4.55 Å². The van der Waals surface area contributed by atoms with Crippen LogP contribution in [0.4, 0.5) is 11.6 Å². The quantitative estimate of drug-likeness (QED) is 0.350. The molecule has 7 nitrogen and oxygen atoms in total. The number of nitrogens with one attached hydrogen (secondary N) is 1. The molecule has 1 aliphatic rings. The van der Waals surface area contributed by atoms with Crippen LogP contribution in [0.25, 0.3) is 11.0 Å². The maximum atomic E-state index is 11.7. The molecule has 0 unspecified atom stereocenters. The molecular formula is C20H23ClN6OS. The smallest absolute Gasteiger partial charge is 0.225 e. The fourth-order valence-electron chi connectivity index (χ4n) is 3.41. The van der Waals surface area contributed by atoms with Gasteiger partial charge in [-0.3, -0.25) is 0 Å². The molecular weight excluding hydrogens is 408 g/mol. The first-order chi connectivity index (χ1) is 14.2. The molecule has 0 radical (unpaired) electrons. The molecule has 1 N–H and O–H groups in total. The number of fused-ring (bicyclic) bond motifs is 1. The van der Waals surface area contributed by atoms with Gasteiger partial charge in [-0.05, 0) is 36.4 Å². The molecule has 2 aromatic heterocycles. The summed E-state index contributed by atoms with van der Waals surface area (Å²) in [4.78, 5) is 19.6. The van der Waals surface area contributed by atoms with Gasteiger partial charge in [0.05, 0.1) is 13.1 Å². The van der Waals surface area contributed by atoms with Gasteiger partial charge in [0.1, 0.15) is 28.9 Å². The number of aromatic nitrogens is 4. The van der Waals surface area contributed by atoms with E-state index in [1.807, 2.05) is 6.07 Å². The molecule has 1 aromatic carbocycles. The second kappa shape index (κ2) is 9.56. The highest BCUT2D eigenvalue weighted by Crippen LogP contribution is 2.28. The van der Waals surface area contributed by atoms with Crippen molar-refractivity contribution in [2.75, 3.05) is 41.4 Å². The molecule has 3 heterocycles. The molecule has 3 aromatic rings. The summed E-state index contributed by atoms with van der Waals surface area (Å²) >= 11 is 5.44.